The van der Waals surface area contributed by atoms with Crippen molar-refractivity contribution in [1.29, 1.82) is 0 Å². The van der Waals surface area contributed by atoms with Crippen LogP contribution in [0.2, 0.25) is 0 Å². The molecule has 8 aromatic carbocycles. The molecule has 0 bridgehead atoms. The Morgan fingerprint density at radius 3 is 1.96 bits per heavy atom. The fourth-order valence-electron chi connectivity index (χ4n) is 8.27. The molecule has 1 nitrogen and oxygen atoms in total. The van der Waals surface area contributed by atoms with Crippen LogP contribution in [-0.4, -0.2) is 0 Å². The molecule has 0 radical (unpaired) electrons. The average Bonchev–Trinajstić information content (AvgIpc) is 3.68. The first-order valence-electron chi connectivity index (χ1n) is 17.7. The standard InChI is InChI=1S/C49H35NS/c1-49(2)42-18-9-8-16-40(42)47-43(49)19-11-20-44(47)50(38-27-24-34(25-28-38)36-23-22-33-14-6-7-15-35(33)30-36)45-21-10-17-39-41-31-37(32-12-4-3-5-13-32)26-29-46(41)51-48(39)45/h3-31H,1-2H3. The number of hydrogen-bond acceptors (Lipinski definition) is 2. The minimum atomic E-state index is -0.0923. The quantitative estimate of drug-likeness (QED) is 0.176. The second-order valence-corrected chi connectivity index (χ2v) is 15.2. The van der Waals surface area contributed by atoms with E-state index in [1.165, 1.54) is 86.8 Å². The Labute approximate surface area is 302 Å². The molecule has 0 unspecified atom stereocenters. The summed E-state index contributed by atoms with van der Waals surface area (Å²) < 4.78 is 2.59. The zero-order chi connectivity index (χ0) is 34.1. The van der Waals surface area contributed by atoms with Crippen LogP contribution in [0.25, 0.3) is 64.3 Å². The highest BCUT2D eigenvalue weighted by Gasteiger charge is 2.37. The molecule has 0 saturated carbocycles. The average molecular weight is 670 g/mol. The van der Waals surface area contributed by atoms with E-state index >= 15 is 0 Å². The lowest BCUT2D eigenvalue weighted by atomic mass is 9.82. The van der Waals surface area contributed by atoms with Crippen LogP contribution in [-0.2, 0) is 5.41 Å². The Bertz CT molecular complexity index is 2770. The summed E-state index contributed by atoms with van der Waals surface area (Å²) in [6.07, 6.45) is 0. The summed E-state index contributed by atoms with van der Waals surface area (Å²) in [6, 6.07) is 64.8. The number of thiophene rings is 1. The van der Waals surface area contributed by atoms with Gasteiger partial charge in [0.05, 0.1) is 16.1 Å². The maximum atomic E-state index is 2.51. The normalized spacial score (nSPS) is 13.1. The van der Waals surface area contributed by atoms with Crippen LogP contribution >= 0.6 is 11.3 Å². The van der Waals surface area contributed by atoms with Crippen molar-refractivity contribution in [2.24, 2.45) is 0 Å². The largest absolute Gasteiger partial charge is 0.308 e. The highest BCUT2D eigenvalue weighted by atomic mass is 32.1. The molecule has 1 aliphatic rings. The fraction of sp³-hybridized carbons (Fsp3) is 0.0612. The molecule has 1 aliphatic carbocycles. The van der Waals surface area contributed by atoms with Gasteiger partial charge in [-0.25, -0.2) is 0 Å². The minimum Gasteiger partial charge on any atom is -0.308 e. The minimum absolute atomic E-state index is 0.0923. The van der Waals surface area contributed by atoms with E-state index in [0.29, 0.717) is 0 Å². The van der Waals surface area contributed by atoms with E-state index in [1.807, 2.05) is 11.3 Å². The van der Waals surface area contributed by atoms with Gasteiger partial charge in [-0.1, -0.05) is 147 Å². The van der Waals surface area contributed by atoms with Gasteiger partial charge in [-0.3, -0.25) is 0 Å². The molecule has 242 valence electrons. The van der Waals surface area contributed by atoms with E-state index in [4.69, 9.17) is 0 Å². The van der Waals surface area contributed by atoms with Crippen molar-refractivity contribution >= 4 is 59.3 Å². The van der Waals surface area contributed by atoms with Gasteiger partial charge < -0.3 is 4.90 Å². The monoisotopic (exact) mass is 669 g/mol. The van der Waals surface area contributed by atoms with Gasteiger partial charge in [-0.15, -0.1) is 11.3 Å². The predicted molar refractivity (Wildman–Crippen MR) is 220 cm³/mol. The summed E-state index contributed by atoms with van der Waals surface area (Å²) in [6.45, 7) is 4.72. The summed E-state index contributed by atoms with van der Waals surface area (Å²) in [5.41, 5.74) is 13.8. The molecule has 10 rings (SSSR count). The van der Waals surface area contributed by atoms with E-state index in [2.05, 4.69) is 195 Å². The topological polar surface area (TPSA) is 3.24 Å². The molecule has 0 fully saturated rings. The highest BCUT2D eigenvalue weighted by Crippen LogP contribution is 2.55. The van der Waals surface area contributed by atoms with Crippen LogP contribution < -0.4 is 4.90 Å². The molecule has 0 saturated heterocycles. The van der Waals surface area contributed by atoms with Gasteiger partial charge in [-0.2, -0.15) is 0 Å². The summed E-state index contributed by atoms with van der Waals surface area (Å²) in [4.78, 5) is 2.51. The van der Waals surface area contributed by atoms with Crippen LogP contribution in [0.1, 0.15) is 25.0 Å². The van der Waals surface area contributed by atoms with Gasteiger partial charge >= 0.3 is 0 Å². The number of nitrogens with zero attached hydrogens (tertiary/aromatic N) is 1. The lowest BCUT2D eigenvalue weighted by Gasteiger charge is -2.29. The van der Waals surface area contributed by atoms with Crippen molar-refractivity contribution in [3.8, 4) is 33.4 Å². The molecule has 0 spiro atoms. The Kier molecular flexibility index (Phi) is 6.78. The number of anilines is 3. The number of benzene rings is 8. The summed E-state index contributed by atoms with van der Waals surface area (Å²) in [5, 5.41) is 5.11. The molecular weight excluding hydrogens is 635 g/mol. The van der Waals surface area contributed by atoms with E-state index < -0.39 is 0 Å². The third kappa shape index (κ3) is 4.75. The van der Waals surface area contributed by atoms with Crippen molar-refractivity contribution in [2.75, 3.05) is 4.90 Å². The maximum Gasteiger partial charge on any atom is 0.0640 e. The van der Waals surface area contributed by atoms with Crippen LogP contribution in [0, 0.1) is 0 Å². The first-order valence-corrected chi connectivity index (χ1v) is 18.5. The maximum absolute atomic E-state index is 2.51. The van der Waals surface area contributed by atoms with Crippen molar-refractivity contribution in [3.05, 3.63) is 187 Å². The zero-order valence-corrected chi connectivity index (χ0v) is 29.4. The molecule has 1 heterocycles. The molecule has 2 heteroatoms. The Morgan fingerprint density at radius 2 is 1.10 bits per heavy atom. The second-order valence-electron chi connectivity index (χ2n) is 14.1. The smallest absolute Gasteiger partial charge is 0.0640 e. The van der Waals surface area contributed by atoms with Gasteiger partial charge in [0.15, 0.2) is 0 Å². The highest BCUT2D eigenvalue weighted by molar-refractivity contribution is 7.26. The SMILES string of the molecule is CC1(C)c2ccccc2-c2c(N(c3ccc(-c4ccc5ccccc5c4)cc3)c3cccc4c3sc3ccc(-c5ccccc5)cc34)cccc21. The molecule has 0 aliphatic heterocycles. The van der Waals surface area contributed by atoms with Gasteiger partial charge in [0.2, 0.25) is 0 Å². The molecule has 51 heavy (non-hydrogen) atoms. The van der Waals surface area contributed by atoms with Crippen LogP contribution in [0.15, 0.2) is 176 Å². The number of fused-ring (bicyclic) bond motifs is 7. The van der Waals surface area contributed by atoms with Crippen molar-refractivity contribution in [2.45, 2.75) is 19.3 Å². The Balaban J connectivity index is 1.19. The zero-order valence-electron chi connectivity index (χ0n) is 28.6. The first kappa shape index (κ1) is 29.9. The third-order valence-electron chi connectivity index (χ3n) is 10.9. The molecule has 0 amide bonds. The van der Waals surface area contributed by atoms with E-state index in [9.17, 15) is 0 Å². The van der Waals surface area contributed by atoms with Crippen molar-refractivity contribution in [3.63, 3.8) is 0 Å². The Hall–Kier alpha value is -5.96. The Morgan fingerprint density at radius 1 is 0.451 bits per heavy atom. The molecule has 0 N–H and O–H groups in total. The van der Waals surface area contributed by atoms with Crippen LogP contribution in [0.3, 0.4) is 0 Å². The lowest BCUT2D eigenvalue weighted by molar-refractivity contribution is 0.660. The second kappa shape index (κ2) is 11.6. The molecule has 0 atom stereocenters. The van der Waals surface area contributed by atoms with Gasteiger partial charge in [-0.05, 0) is 92.2 Å². The molecule has 9 aromatic rings. The van der Waals surface area contributed by atoms with E-state index in [1.54, 1.807) is 0 Å². The van der Waals surface area contributed by atoms with Gasteiger partial charge in [0, 0.05) is 32.1 Å². The van der Waals surface area contributed by atoms with Crippen molar-refractivity contribution in [1.82, 2.24) is 0 Å². The van der Waals surface area contributed by atoms with E-state index in [-0.39, 0.29) is 5.41 Å². The number of hydrogen-bond donors (Lipinski definition) is 0. The van der Waals surface area contributed by atoms with Crippen LogP contribution in [0.4, 0.5) is 17.1 Å². The number of rotatable bonds is 5. The summed E-state index contributed by atoms with van der Waals surface area (Å²) >= 11 is 1.89. The molecular formula is C49H35NS. The third-order valence-corrected chi connectivity index (χ3v) is 12.1. The summed E-state index contributed by atoms with van der Waals surface area (Å²) in [7, 11) is 0. The lowest BCUT2D eigenvalue weighted by Crippen LogP contribution is -2.16. The van der Waals surface area contributed by atoms with Gasteiger partial charge in [0.1, 0.15) is 0 Å². The van der Waals surface area contributed by atoms with Crippen LogP contribution in [0.5, 0.6) is 0 Å². The molecule has 1 aromatic heterocycles. The van der Waals surface area contributed by atoms with E-state index in [0.717, 1.165) is 5.69 Å². The fourth-order valence-corrected chi connectivity index (χ4v) is 9.46. The predicted octanol–water partition coefficient (Wildman–Crippen LogP) is 14.3. The first-order chi connectivity index (χ1) is 25.0. The summed E-state index contributed by atoms with van der Waals surface area (Å²) in [5.74, 6) is 0. The van der Waals surface area contributed by atoms with Crippen molar-refractivity contribution < 1.29 is 0 Å². The van der Waals surface area contributed by atoms with Gasteiger partial charge in [0.25, 0.3) is 0 Å².